The van der Waals surface area contributed by atoms with Gasteiger partial charge in [0.25, 0.3) is 0 Å². The predicted octanol–water partition coefficient (Wildman–Crippen LogP) is 3.30. The maximum Gasteiger partial charge on any atom is 0.243 e. The smallest absolute Gasteiger partial charge is 0.243 e. The lowest BCUT2D eigenvalue weighted by atomic mass is 10.00. The van der Waals surface area contributed by atoms with E-state index in [1.54, 1.807) is 7.05 Å². The number of likely N-dealkylation sites (N-methyl/N-ethyl adjacent to an activating group) is 1. The summed E-state index contributed by atoms with van der Waals surface area (Å²) in [5.41, 5.74) is 4.21. The van der Waals surface area contributed by atoms with Crippen molar-refractivity contribution < 1.29 is 9.59 Å². The number of nitrogens with one attached hydrogen (secondary N) is 1. The molecular formula is C25H28N4O2. The van der Waals surface area contributed by atoms with Crippen molar-refractivity contribution in [3.63, 3.8) is 0 Å². The summed E-state index contributed by atoms with van der Waals surface area (Å²) in [4.78, 5) is 29.1. The molecule has 0 bridgehead atoms. The molecule has 2 aromatic carbocycles. The topological polar surface area (TPSA) is 57.6 Å². The lowest BCUT2D eigenvalue weighted by Gasteiger charge is -2.37. The monoisotopic (exact) mass is 416 g/mol. The predicted molar refractivity (Wildman–Crippen MR) is 122 cm³/mol. The standard InChI is InChI=1S/C25H28N4O2/c1-19-10-12-21(13-11-19)26-23(30)17-27(2)24(31)18-29-16-15-28-14-6-9-22(28)25(29)20-7-4-3-5-8-20/h3-14,25H,15-18H2,1-2H3,(H,26,30)/t25-/m1/s1. The minimum atomic E-state index is -0.202. The van der Waals surface area contributed by atoms with E-state index in [0.29, 0.717) is 0 Å². The lowest BCUT2D eigenvalue weighted by molar-refractivity contribution is -0.134. The van der Waals surface area contributed by atoms with Crippen LogP contribution in [-0.4, -0.2) is 52.9 Å². The first-order valence-electron chi connectivity index (χ1n) is 10.6. The number of nitrogens with zero attached hydrogens (tertiary/aromatic N) is 3. The molecule has 4 rings (SSSR count). The molecule has 1 atom stereocenters. The van der Waals surface area contributed by atoms with E-state index in [1.165, 1.54) is 10.6 Å². The quantitative estimate of drug-likeness (QED) is 0.671. The van der Waals surface area contributed by atoms with Crippen LogP contribution >= 0.6 is 0 Å². The highest BCUT2D eigenvalue weighted by atomic mass is 16.2. The largest absolute Gasteiger partial charge is 0.348 e. The van der Waals surface area contributed by atoms with Gasteiger partial charge in [-0.1, -0.05) is 48.0 Å². The van der Waals surface area contributed by atoms with E-state index in [4.69, 9.17) is 0 Å². The Morgan fingerprint density at radius 3 is 2.48 bits per heavy atom. The Bertz CT molecular complexity index is 1040. The van der Waals surface area contributed by atoms with Crippen LogP contribution in [0.1, 0.15) is 22.9 Å². The molecule has 0 fully saturated rings. The Morgan fingerprint density at radius 1 is 1.00 bits per heavy atom. The molecule has 0 saturated heterocycles. The molecule has 1 N–H and O–H groups in total. The molecule has 6 heteroatoms. The first-order chi connectivity index (χ1) is 15.0. The Kier molecular flexibility index (Phi) is 6.18. The molecule has 0 spiro atoms. The fraction of sp³-hybridized carbons (Fsp3) is 0.280. The summed E-state index contributed by atoms with van der Waals surface area (Å²) in [6.07, 6.45) is 2.09. The maximum absolute atomic E-state index is 13.0. The Hall–Kier alpha value is -3.38. The van der Waals surface area contributed by atoms with Crippen LogP contribution in [-0.2, 0) is 16.1 Å². The third-order valence-electron chi connectivity index (χ3n) is 5.73. The number of hydrogen-bond acceptors (Lipinski definition) is 3. The van der Waals surface area contributed by atoms with Gasteiger partial charge in [0.2, 0.25) is 11.8 Å². The van der Waals surface area contributed by atoms with Crippen LogP contribution in [0, 0.1) is 6.92 Å². The normalized spacial score (nSPS) is 15.9. The van der Waals surface area contributed by atoms with Gasteiger partial charge in [-0.05, 0) is 36.8 Å². The molecule has 0 saturated carbocycles. The van der Waals surface area contributed by atoms with E-state index >= 15 is 0 Å². The number of amides is 2. The fourth-order valence-electron chi connectivity index (χ4n) is 4.05. The summed E-state index contributed by atoms with van der Waals surface area (Å²) in [5.74, 6) is -0.271. The number of fused-ring (bicyclic) bond motifs is 1. The maximum atomic E-state index is 13.0. The van der Waals surface area contributed by atoms with E-state index in [0.717, 1.165) is 29.9 Å². The number of carbonyl (C=O) groups is 2. The first kappa shape index (κ1) is 20.9. The van der Waals surface area contributed by atoms with Gasteiger partial charge in [0.05, 0.1) is 19.1 Å². The van der Waals surface area contributed by atoms with Crippen molar-refractivity contribution in [3.05, 3.63) is 89.7 Å². The van der Waals surface area contributed by atoms with Crippen molar-refractivity contribution in [1.82, 2.24) is 14.4 Å². The molecule has 160 valence electrons. The lowest BCUT2D eigenvalue weighted by Crippen LogP contribution is -2.46. The highest BCUT2D eigenvalue weighted by Crippen LogP contribution is 2.32. The van der Waals surface area contributed by atoms with Gasteiger partial charge in [-0.25, -0.2) is 0 Å². The summed E-state index contributed by atoms with van der Waals surface area (Å²) in [5, 5.41) is 2.85. The second kappa shape index (κ2) is 9.18. The fourth-order valence-corrected chi connectivity index (χ4v) is 4.05. The van der Waals surface area contributed by atoms with Crippen LogP contribution < -0.4 is 5.32 Å². The molecule has 0 aliphatic carbocycles. The van der Waals surface area contributed by atoms with Gasteiger partial charge in [0.15, 0.2) is 0 Å². The van der Waals surface area contributed by atoms with Gasteiger partial charge >= 0.3 is 0 Å². The van der Waals surface area contributed by atoms with Crippen LogP contribution in [0.4, 0.5) is 5.69 Å². The van der Waals surface area contributed by atoms with Crippen LogP contribution in [0.25, 0.3) is 0 Å². The Labute approximate surface area is 183 Å². The number of aromatic nitrogens is 1. The molecule has 1 aliphatic heterocycles. The number of anilines is 1. The molecule has 2 heterocycles. The number of benzene rings is 2. The zero-order valence-electron chi connectivity index (χ0n) is 18.0. The van der Waals surface area contributed by atoms with Gasteiger partial charge in [-0.2, -0.15) is 0 Å². The second-order valence-electron chi connectivity index (χ2n) is 8.07. The summed E-state index contributed by atoms with van der Waals surface area (Å²) < 4.78 is 2.25. The zero-order valence-corrected chi connectivity index (χ0v) is 18.0. The summed E-state index contributed by atoms with van der Waals surface area (Å²) in [6.45, 7) is 3.90. The van der Waals surface area contributed by atoms with Gasteiger partial charge in [0, 0.05) is 37.7 Å². The molecule has 3 aromatic rings. The minimum Gasteiger partial charge on any atom is -0.348 e. The average Bonchev–Trinajstić information content (AvgIpc) is 3.24. The van der Waals surface area contributed by atoms with Crippen molar-refractivity contribution in [1.29, 1.82) is 0 Å². The highest BCUT2D eigenvalue weighted by molar-refractivity contribution is 5.94. The second-order valence-corrected chi connectivity index (χ2v) is 8.07. The van der Waals surface area contributed by atoms with Gasteiger partial charge in [0.1, 0.15) is 0 Å². The molecule has 1 aromatic heterocycles. The summed E-state index contributed by atoms with van der Waals surface area (Å²) >= 11 is 0. The molecule has 31 heavy (non-hydrogen) atoms. The third-order valence-corrected chi connectivity index (χ3v) is 5.73. The molecule has 2 amide bonds. The minimum absolute atomic E-state index is 0.0173. The highest BCUT2D eigenvalue weighted by Gasteiger charge is 2.30. The van der Waals surface area contributed by atoms with Crippen molar-refractivity contribution in [2.24, 2.45) is 0 Å². The SMILES string of the molecule is Cc1ccc(NC(=O)CN(C)C(=O)CN2CCn3cccc3[C@H]2c2ccccc2)cc1. The van der Waals surface area contributed by atoms with Gasteiger partial charge in [-0.3, -0.25) is 14.5 Å². The number of rotatable bonds is 6. The summed E-state index contributed by atoms with van der Waals surface area (Å²) in [6, 6.07) is 22.1. The molecule has 6 nitrogen and oxygen atoms in total. The molecule has 0 radical (unpaired) electrons. The van der Waals surface area contributed by atoms with Gasteiger partial charge in [-0.15, -0.1) is 0 Å². The zero-order chi connectivity index (χ0) is 21.8. The molecule has 0 unspecified atom stereocenters. The van der Waals surface area contributed by atoms with Crippen molar-refractivity contribution >= 4 is 17.5 Å². The van der Waals surface area contributed by atoms with E-state index in [9.17, 15) is 9.59 Å². The van der Waals surface area contributed by atoms with E-state index in [-0.39, 0.29) is 30.9 Å². The van der Waals surface area contributed by atoms with E-state index in [2.05, 4.69) is 45.2 Å². The van der Waals surface area contributed by atoms with Crippen molar-refractivity contribution in [2.75, 3.05) is 32.0 Å². The first-order valence-corrected chi connectivity index (χ1v) is 10.6. The molecular weight excluding hydrogens is 388 g/mol. The van der Waals surface area contributed by atoms with Crippen molar-refractivity contribution in [2.45, 2.75) is 19.5 Å². The number of aryl methyl sites for hydroxylation is 1. The Balaban J connectivity index is 1.41. The van der Waals surface area contributed by atoms with Crippen LogP contribution in [0.15, 0.2) is 72.9 Å². The van der Waals surface area contributed by atoms with Crippen LogP contribution in [0.2, 0.25) is 0 Å². The van der Waals surface area contributed by atoms with Gasteiger partial charge < -0.3 is 14.8 Å². The number of hydrogen-bond donors (Lipinski definition) is 1. The Morgan fingerprint density at radius 2 is 1.74 bits per heavy atom. The number of carbonyl (C=O) groups excluding carboxylic acids is 2. The molecule has 1 aliphatic rings. The third kappa shape index (κ3) is 4.86. The van der Waals surface area contributed by atoms with Crippen LogP contribution in [0.3, 0.4) is 0 Å². The average molecular weight is 417 g/mol. The van der Waals surface area contributed by atoms with E-state index in [1.807, 2.05) is 49.4 Å². The van der Waals surface area contributed by atoms with Crippen molar-refractivity contribution in [3.8, 4) is 0 Å². The van der Waals surface area contributed by atoms with Crippen LogP contribution in [0.5, 0.6) is 0 Å². The summed E-state index contributed by atoms with van der Waals surface area (Å²) in [7, 11) is 1.68. The van der Waals surface area contributed by atoms with E-state index < -0.39 is 0 Å².